The van der Waals surface area contributed by atoms with E-state index in [9.17, 15) is 0 Å². The summed E-state index contributed by atoms with van der Waals surface area (Å²) < 4.78 is 6.05. The van der Waals surface area contributed by atoms with Gasteiger partial charge in [0, 0.05) is 6.07 Å². The van der Waals surface area contributed by atoms with Crippen LogP contribution in [0.4, 0.5) is 5.69 Å². The Morgan fingerprint density at radius 1 is 1.39 bits per heavy atom. The largest absolute Gasteiger partial charge is 0.490 e. The molecular weight excluding hydrogens is 224 g/mol. The summed E-state index contributed by atoms with van der Waals surface area (Å²) in [5, 5.41) is 8.84. The van der Waals surface area contributed by atoms with Crippen molar-refractivity contribution in [1.82, 2.24) is 0 Å². The third-order valence-corrected chi connectivity index (χ3v) is 3.79. The van der Waals surface area contributed by atoms with Crippen LogP contribution in [-0.2, 0) is 0 Å². The van der Waals surface area contributed by atoms with Gasteiger partial charge in [-0.05, 0) is 43.7 Å². The van der Waals surface area contributed by atoms with Gasteiger partial charge in [0.2, 0.25) is 0 Å². The van der Waals surface area contributed by atoms with Gasteiger partial charge in [-0.25, -0.2) is 0 Å². The van der Waals surface area contributed by atoms with Crippen molar-refractivity contribution in [2.75, 3.05) is 5.73 Å². The third kappa shape index (κ3) is 2.76. The Bertz CT molecular complexity index is 450. The van der Waals surface area contributed by atoms with Gasteiger partial charge in [0.15, 0.2) is 0 Å². The van der Waals surface area contributed by atoms with Gasteiger partial charge < -0.3 is 10.5 Å². The molecule has 3 nitrogen and oxygen atoms in total. The van der Waals surface area contributed by atoms with Crippen LogP contribution >= 0.6 is 0 Å². The molecular formula is C15H20N2O. The van der Waals surface area contributed by atoms with Crippen LogP contribution in [0.3, 0.4) is 0 Å². The molecule has 3 heteroatoms. The van der Waals surface area contributed by atoms with Gasteiger partial charge in [-0.15, -0.1) is 0 Å². The molecule has 18 heavy (non-hydrogen) atoms. The van der Waals surface area contributed by atoms with Crippen molar-refractivity contribution in [3.63, 3.8) is 0 Å². The van der Waals surface area contributed by atoms with E-state index >= 15 is 0 Å². The lowest BCUT2D eigenvalue weighted by molar-refractivity contribution is 0.0904. The second-order valence-electron chi connectivity index (χ2n) is 4.97. The molecule has 0 heterocycles. The van der Waals surface area contributed by atoms with Crippen molar-refractivity contribution >= 4 is 5.69 Å². The van der Waals surface area contributed by atoms with Crippen molar-refractivity contribution in [3.8, 4) is 11.8 Å². The molecule has 2 rings (SSSR count). The van der Waals surface area contributed by atoms with Gasteiger partial charge >= 0.3 is 0 Å². The average molecular weight is 244 g/mol. The lowest BCUT2D eigenvalue weighted by Gasteiger charge is -2.31. The fraction of sp³-hybridized carbons (Fsp3) is 0.533. The molecule has 1 aliphatic carbocycles. The topological polar surface area (TPSA) is 59.0 Å². The molecule has 2 atom stereocenters. The summed E-state index contributed by atoms with van der Waals surface area (Å²) in [6, 6.07) is 7.40. The van der Waals surface area contributed by atoms with E-state index in [1.807, 2.05) is 6.07 Å². The summed E-state index contributed by atoms with van der Waals surface area (Å²) >= 11 is 0. The minimum Gasteiger partial charge on any atom is -0.490 e. The Morgan fingerprint density at radius 2 is 2.17 bits per heavy atom. The van der Waals surface area contributed by atoms with Crippen LogP contribution < -0.4 is 10.5 Å². The van der Waals surface area contributed by atoms with Crippen LogP contribution in [0.2, 0.25) is 0 Å². The van der Waals surface area contributed by atoms with Crippen LogP contribution in [-0.4, -0.2) is 6.10 Å². The van der Waals surface area contributed by atoms with Crippen LogP contribution in [0.1, 0.15) is 44.6 Å². The third-order valence-electron chi connectivity index (χ3n) is 3.79. The lowest BCUT2D eigenvalue weighted by Crippen LogP contribution is -2.29. The fourth-order valence-corrected chi connectivity index (χ4v) is 2.69. The maximum absolute atomic E-state index is 8.84. The Labute approximate surface area is 109 Å². The smallest absolute Gasteiger partial charge is 0.121 e. The molecule has 0 saturated heterocycles. The zero-order valence-electron chi connectivity index (χ0n) is 10.9. The van der Waals surface area contributed by atoms with E-state index in [0.717, 1.165) is 18.6 Å². The monoisotopic (exact) mass is 244 g/mol. The number of rotatable bonds is 3. The van der Waals surface area contributed by atoms with E-state index in [2.05, 4.69) is 13.0 Å². The quantitative estimate of drug-likeness (QED) is 0.828. The van der Waals surface area contributed by atoms with Crippen LogP contribution in [0, 0.1) is 17.2 Å². The summed E-state index contributed by atoms with van der Waals surface area (Å²) in [4.78, 5) is 0. The molecule has 1 aliphatic rings. The zero-order valence-corrected chi connectivity index (χ0v) is 10.9. The van der Waals surface area contributed by atoms with Crippen molar-refractivity contribution in [1.29, 1.82) is 5.26 Å². The Kier molecular flexibility index (Phi) is 4.09. The summed E-state index contributed by atoms with van der Waals surface area (Å²) in [6.45, 7) is 2.22. The number of nitriles is 1. The molecule has 0 amide bonds. The number of nitrogens with zero attached hydrogens (tertiary/aromatic N) is 1. The summed E-state index contributed by atoms with van der Waals surface area (Å²) in [7, 11) is 0. The van der Waals surface area contributed by atoms with Crippen LogP contribution in [0.5, 0.6) is 5.75 Å². The van der Waals surface area contributed by atoms with Crippen molar-refractivity contribution in [3.05, 3.63) is 23.8 Å². The summed E-state index contributed by atoms with van der Waals surface area (Å²) in [5.74, 6) is 1.44. The van der Waals surface area contributed by atoms with Gasteiger partial charge in [-0.2, -0.15) is 5.26 Å². The predicted octanol–water partition coefficient (Wildman–Crippen LogP) is 3.49. The summed E-state index contributed by atoms with van der Waals surface area (Å²) in [6.07, 6.45) is 6.40. The highest BCUT2D eigenvalue weighted by atomic mass is 16.5. The summed E-state index contributed by atoms with van der Waals surface area (Å²) in [5.41, 5.74) is 6.81. The van der Waals surface area contributed by atoms with Gasteiger partial charge in [-0.3, -0.25) is 0 Å². The Morgan fingerprint density at radius 3 is 2.83 bits per heavy atom. The number of ether oxygens (including phenoxy) is 1. The minimum atomic E-state index is 0.302. The van der Waals surface area contributed by atoms with E-state index in [4.69, 9.17) is 15.7 Å². The van der Waals surface area contributed by atoms with E-state index in [-0.39, 0.29) is 0 Å². The highest BCUT2D eigenvalue weighted by Crippen LogP contribution is 2.31. The van der Waals surface area contributed by atoms with Gasteiger partial charge in [-0.1, -0.05) is 13.3 Å². The molecule has 0 spiro atoms. The number of hydrogen-bond donors (Lipinski definition) is 1. The Balaban J connectivity index is 2.08. The molecule has 0 radical (unpaired) electrons. The minimum absolute atomic E-state index is 0.302. The van der Waals surface area contributed by atoms with Gasteiger partial charge in [0.05, 0.1) is 11.3 Å². The molecule has 96 valence electrons. The highest BCUT2D eigenvalue weighted by molar-refractivity contribution is 5.57. The Hall–Kier alpha value is -1.69. The van der Waals surface area contributed by atoms with Crippen LogP contribution in [0.15, 0.2) is 18.2 Å². The number of nitrogen functional groups attached to an aromatic ring is 1. The first-order chi connectivity index (χ1) is 8.74. The second kappa shape index (κ2) is 5.77. The van der Waals surface area contributed by atoms with E-state index in [1.165, 1.54) is 19.3 Å². The highest BCUT2D eigenvalue weighted by Gasteiger charge is 2.25. The molecule has 0 aliphatic heterocycles. The maximum Gasteiger partial charge on any atom is 0.121 e. The molecule has 1 fully saturated rings. The van der Waals surface area contributed by atoms with Crippen molar-refractivity contribution < 1.29 is 4.74 Å². The van der Waals surface area contributed by atoms with Crippen LogP contribution in [0.25, 0.3) is 0 Å². The van der Waals surface area contributed by atoms with E-state index in [1.54, 1.807) is 12.1 Å². The number of anilines is 1. The maximum atomic E-state index is 8.84. The first kappa shape index (κ1) is 12.8. The molecule has 0 bridgehead atoms. The lowest BCUT2D eigenvalue weighted by atomic mass is 9.85. The normalized spacial score (nSPS) is 23.3. The fourth-order valence-electron chi connectivity index (χ4n) is 2.69. The predicted molar refractivity (Wildman–Crippen MR) is 72.2 cm³/mol. The number of nitrogens with two attached hydrogens (primary N) is 1. The molecule has 2 N–H and O–H groups in total. The first-order valence-corrected chi connectivity index (χ1v) is 6.71. The van der Waals surface area contributed by atoms with E-state index in [0.29, 0.717) is 23.3 Å². The zero-order chi connectivity index (χ0) is 13.0. The molecule has 1 aromatic carbocycles. The molecule has 1 saturated carbocycles. The second-order valence-corrected chi connectivity index (χ2v) is 4.97. The average Bonchev–Trinajstić information content (AvgIpc) is 2.39. The standard InChI is InChI=1S/C15H20N2O/c1-2-11-5-3-4-6-15(11)18-13-8-7-12(10-16)14(17)9-13/h7-9,11,15H,2-6,17H2,1H3. The van der Waals surface area contributed by atoms with Gasteiger partial charge in [0.25, 0.3) is 0 Å². The van der Waals surface area contributed by atoms with Gasteiger partial charge in [0.1, 0.15) is 17.9 Å². The number of benzene rings is 1. The van der Waals surface area contributed by atoms with Crippen molar-refractivity contribution in [2.24, 2.45) is 5.92 Å². The number of hydrogen-bond acceptors (Lipinski definition) is 3. The molecule has 2 unspecified atom stereocenters. The van der Waals surface area contributed by atoms with Crippen molar-refractivity contribution in [2.45, 2.75) is 45.1 Å². The molecule has 1 aromatic rings. The molecule has 0 aromatic heterocycles. The van der Waals surface area contributed by atoms with E-state index < -0.39 is 0 Å². The SMILES string of the molecule is CCC1CCCCC1Oc1ccc(C#N)c(N)c1. The first-order valence-electron chi connectivity index (χ1n) is 6.71.